The van der Waals surface area contributed by atoms with Crippen molar-refractivity contribution in [2.24, 2.45) is 5.92 Å². The molecule has 0 aromatic carbocycles. The summed E-state index contributed by atoms with van der Waals surface area (Å²) in [6.07, 6.45) is 29.8. The van der Waals surface area contributed by atoms with Crippen molar-refractivity contribution in [3.05, 3.63) is 12.2 Å². The highest BCUT2D eigenvalue weighted by Crippen LogP contribution is 2.19. The molecule has 3 nitrogen and oxygen atoms in total. The lowest BCUT2D eigenvalue weighted by Gasteiger charge is -2.21. The molecule has 0 saturated carbocycles. The number of hydrogen-bond donors (Lipinski definition) is 1. The van der Waals surface area contributed by atoms with Crippen molar-refractivity contribution < 1.29 is 9.90 Å². The first kappa shape index (κ1) is 30.2. The van der Waals surface area contributed by atoms with Gasteiger partial charge in [0.2, 0.25) is 0 Å². The van der Waals surface area contributed by atoms with Crippen molar-refractivity contribution in [1.29, 1.82) is 0 Å². The molecule has 0 bridgehead atoms. The quantitative estimate of drug-likeness (QED) is 0.121. The number of carboxylic acids is 1. The van der Waals surface area contributed by atoms with Gasteiger partial charge in [-0.05, 0) is 65.0 Å². The Kier molecular flexibility index (Phi) is 23.2. The van der Waals surface area contributed by atoms with Crippen molar-refractivity contribution in [2.45, 2.75) is 135 Å². The Balaban J connectivity index is 3.44. The number of aliphatic carboxylic acids is 1. The Morgan fingerprint density at radius 1 is 0.710 bits per heavy atom. The van der Waals surface area contributed by atoms with Crippen LogP contribution in [0.25, 0.3) is 0 Å². The third-order valence-electron chi connectivity index (χ3n) is 6.25. The summed E-state index contributed by atoms with van der Waals surface area (Å²) in [5.74, 6) is 0.242. The Labute approximate surface area is 195 Å². The van der Waals surface area contributed by atoms with Crippen LogP contribution in [0.2, 0.25) is 0 Å². The van der Waals surface area contributed by atoms with Crippen molar-refractivity contribution in [3.63, 3.8) is 0 Å². The van der Waals surface area contributed by atoms with E-state index >= 15 is 0 Å². The molecule has 0 aliphatic carbocycles. The molecule has 0 saturated heterocycles. The van der Waals surface area contributed by atoms with Gasteiger partial charge in [0.05, 0.1) is 0 Å². The van der Waals surface area contributed by atoms with Crippen molar-refractivity contribution in [2.75, 3.05) is 20.6 Å². The van der Waals surface area contributed by atoms with E-state index in [9.17, 15) is 4.79 Å². The molecule has 31 heavy (non-hydrogen) atoms. The number of rotatable bonds is 24. The van der Waals surface area contributed by atoms with Gasteiger partial charge >= 0.3 is 5.97 Å². The lowest BCUT2D eigenvalue weighted by atomic mass is 9.94. The van der Waals surface area contributed by atoms with Crippen LogP contribution in [-0.4, -0.2) is 36.6 Å². The summed E-state index contributed by atoms with van der Waals surface area (Å²) in [5.41, 5.74) is 0. The van der Waals surface area contributed by atoms with Crippen molar-refractivity contribution in [1.82, 2.24) is 4.90 Å². The van der Waals surface area contributed by atoms with Gasteiger partial charge in [-0.2, -0.15) is 0 Å². The molecule has 0 fully saturated rings. The summed E-state index contributed by atoms with van der Waals surface area (Å²) in [7, 11) is 4.44. The highest BCUT2D eigenvalue weighted by atomic mass is 16.4. The molecule has 1 atom stereocenters. The first-order chi connectivity index (χ1) is 15.1. The van der Waals surface area contributed by atoms with E-state index in [1.54, 1.807) is 0 Å². The van der Waals surface area contributed by atoms with E-state index in [-0.39, 0.29) is 0 Å². The molecule has 184 valence electrons. The zero-order chi connectivity index (χ0) is 23.0. The number of hydrogen-bond acceptors (Lipinski definition) is 2. The highest BCUT2D eigenvalue weighted by Gasteiger charge is 2.09. The van der Waals surface area contributed by atoms with Gasteiger partial charge in [-0.25, -0.2) is 0 Å². The lowest BCUT2D eigenvalue weighted by molar-refractivity contribution is -0.137. The van der Waals surface area contributed by atoms with E-state index in [1.165, 1.54) is 116 Å². The average Bonchev–Trinajstić information content (AvgIpc) is 2.72. The zero-order valence-electron chi connectivity index (χ0n) is 21.4. The SMILES string of the molecule is CCCCCCC(CCCCCCCC/C=C\CCCCCCCC(=O)O)CN(C)C. The molecule has 0 rings (SSSR count). The summed E-state index contributed by atoms with van der Waals surface area (Å²) in [4.78, 5) is 12.8. The van der Waals surface area contributed by atoms with Crippen molar-refractivity contribution in [3.8, 4) is 0 Å². The second-order valence-electron chi connectivity index (χ2n) is 9.85. The molecule has 0 amide bonds. The average molecular weight is 438 g/mol. The van der Waals surface area contributed by atoms with Gasteiger partial charge in [0.25, 0.3) is 0 Å². The van der Waals surface area contributed by atoms with Gasteiger partial charge in [0.1, 0.15) is 0 Å². The smallest absolute Gasteiger partial charge is 0.303 e. The predicted octanol–water partition coefficient (Wildman–Crippen LogP) is 8.63. The van der Waals surface area contributed by atoms with E-state index in [1.807, 2.05) is 0 Å². The van der Waals surface area contributed by atoms with Gasteiger partial charge in [-0.3, -0.25) is 4.79 Å². The van der Waals surface area contributed by atoms with Crippen LogP contribution in [0.1, 0.15) is 135 Å². The molecule has 0 aliphatic heterocycles. The summed E-state index contributed by atoms with van der Waals surface area (Å²) in [6.45, 7) is 3.56. The number of unbranched alkanes of at least 4 members (excludes halogenated alkanes) is 14. The lowest BCUT2D eigenvalue weighted by Crippen LogP contribution is -2.21. The molecule has 0 aromatic heterocycles. The molecule has 0 radical (unpaired) electrons. The maximum absolute atomic E-state index is 10.4. The molecular formula is C28H55NO2. The minimum absolute atomic E-state index is 0.329. The summed E-state index contributed by atoms with van der Waals surface area (Å²) < 4.78 is 0. The molecule has 1 N–H and O–H groups in total. The number of carboxylic acid groups (broad SMARTS) is 1. The first-order valence-electron chi connectivity index (χ1n) is 13.6. The first-order valence-corrected chi connectivity index (χ1v) is 13.6. The highest BCUT2D eigenvalue weighted by molar-refractivity contribution is 5.66. The standard InChI is InChI=1S/C28H55NO2/c1-4-5-6-20-23-27(26-29(2)3)24-21-18-16-14-12-10-8-7-9-11-13-15-17-19-22-25-28(30)31/h7,9,27H,4-6,8,10-26H2,1-3H3,(H,30,31)/b9-7-. The van der Waals surface area contributed by atoms with Gasteiger partial charge in [0, 0.05) is 13.0 Å². The normalized spacial score (nSPS) is 12.8. The second kappa shape index (κ2) is 23.8. The largest absolute Gasteiger partial charge is 0.481 e. The second-order valence-corrected chi connectivity index (χ2v) is 9.85. The van der Waals surface area contributed by atoms with Gasteiger partial charge in [-0.1, -0.05) is 96.1 Å². The predicted molar refractivity (Wildman–Crippen MR) is 137 cm³/mol. The van der Waals surface area contributed by atoms with Crippen LogP contribution in [0.3, 0.4) is 0 Å². The summed E-state index contributed by atoms with van der Waals surface area (Å²) >= 11 is 0. The fourth-order valence-electron chi connectivity index (χ4n) is 4.41. The summed E-state index contributed by atoms with van der Waals surface area (Å²) in [6, 6.07) is 0. The van der Waals surface area contributed by atoms with E-state index in [0.29, 0.717) is 6.42 Å². The Morgan fingerprint density at radius 3 is 1.65 bits per heavy atom. The van der Waals surface area contributed by atoms with Crippen LogP contribution < -0.4 is 0 Å². The van der Waals surface area contributed by atoms with Gasteiger partial charge < -0.3 is 10.0 Å². The maximum atomic E-state index is 10.4. The van der Waals surface area contributed by atoms with Gasteiger partial charge in [0.15, 0.2) is 0 Å². The van der Waals surface area contributed by atoms with Crippen LogP contribution in [0, 0.1) is 5.92 Å². The molecule has 0 aliphatic rings. The monoisotopic (exact) mass is 437 g/mol. The third-order valence-corrected chi connectivity index (χ3v) is 6.25. The van der Waals surface area contributed by atoms with Crippen molar-refractivity contribution >= 4 is 5.97 Å². The van der Waals surface area contributed by atoms with Crippen LogP contribution >= 0.6 is 0 Å². The molecule has 3 heteroatoms. The Bertz CT molecular complexity index is 406. The minimum atomic E-state index is -0.662. The van der Waals surface area contributed by atoms with Crippen LogP contribution in [0.4, 0.5) is 0 Å². The van der Waals surface area contributed by atoms with Crippen LogP contribution in [-0.2, 0) is 4.79 Å². The van der Waals surface area contributed by atoms with E-state index in [2.05, 4.69) is 38.1 Å². The molecular weight excluding hydrogens is 382 g/mol. The number of allylic oxidation sites excluding steroid dienone is 2. The van der Waals surface area contributed by atoms with Crippen LogP contribution in [0.15, 0.2) is 12.2 Å². The van der Waals surface area contributed by atoms with E-state index < -0.39 is 5.97 Å². The summed E-state index contributed by atoms with van der Waals surface area (Å²) in [5, 5.41) is 8.60. The van der Waals surface area contributed by atoms with Crippen LogP contribution in [0.5, 0.6) is 0 Å². The van der Waals surface area contributed by atoms with Gasteiger partial charge in [-0.15, -0.1) is 0 Å². The number of carbonyl (C=O) groups is 1. The third kappa shape index (κ3) is 25.3. The molecule has 0 spiro atoms. The fraction of sp³-hybridized carbons (Fsp3) is 0.893. The molecule has 0 aromatic rings. The molecule has 1 unspecified atom stereocenters. The number of nitrogens with zero attached hydrogens (tertiary/aromatic N) is 1. The zero-order valence-corrected chi connectivity index (χ0v) is 21.4. The van der Waals surface area contributed by atoms with E-state index in [4.69, 9.17) is 5.11 Å². The fourth-order valence-corrected chi connectivity index (χ4v) is 4.41. The maximum Gasteiger partial charge on any atom is 0.303 e. The Hall–Kier alpha value is -0.830. The topological polar surface area (TPSA) is 40.5 Å². The minimum Gasteiger partial charge on any atom is -0.481 e. The Morgan fingerprint density at radius 2 is 1.16 bits per heavy atom. The van der Waals surface area contributed by atoms with E-state index in [0.717, 1.165) is 18.8 Å². The molecule has 0 heterocycles.